The molecule has 0 fully saturated rings. The van der Waals surface area contributed by atoms with Crippen LogP contribution >= 0.6 is 0 Å². The Balaban J connectivity index is 2.31. The number of carbonyl (C=O) groups is 2. The molecule has 0 aliphatic heterocycles. The summed E-state index contributed by atoms with van der Waals surface area (Å²) in [4.78, 5) is 27.9. The van der Waals surface area contributed by atoms with Crippen molar-refractivity contribution in [2.24, 2.45) is 5.92 Å². The van der Waals surface area contributed by atoms with E-state index in [0.717, 1.165) is 11.0 Å². The summed E-state index contributed by atoms with van der Waals surface area (Å²) in [5.41, 5.74) is 1.76. The summed E-state index contributed by atoms with van der Waals surface area (Å²) in [7, 11) is 0. The van der Waals surface area contributed by atoms with Crippen LogP contribution in [0.4, 0.5) is 0 Å². The van der Waals surface area contributed by atoms with Gasteiger partial charge in [-0.1, -0.05) is 0 Å². The van der Waals surface area contributed by atoms with Crippen LogP contribution in [0.1, 0.15) is 49.8 Å². The number of amides is 1. The molecule has 2 unspecified atom stereocenters. The lowest BCUT2D eigenvalue weighted by Gasteiger charge is -2.18. The fraction of sp³-hybridized carbons (Fsp3) is 0.500. The Hall–Kier alpha value is -2.44. The van der Waals surface area contributed by atoms with Crippen molar-refractivity contribution in [3.63, 3.8) is 0 Å². The highest BCUT2D eigenvalue weighted by molar-refractivity contribution is 5.98. The van der Waals surface area contributed by atoms with Gasteiger partial charge in [-0.15, -0.1) is 0 Å². The molecule has 2 N–H and O–H groups in total. The summed E-state index contributed by atoms with van der Waals surface area (Å²) >= 11 is 0. The molecule has 2 aromatic heterocycles. The van der Waals surface area contributed by atoms with Gasteiger partial charge >= 0.3 is 5.97 Å². The van der Waals surface area contributed by atoms with Crippen LogP contribution in [-0.2, 0) is 4.79 Å². The molecule has 23 heavy (non-hydrogen) atoms. The Kier molecular flexibility index (Phi) is 4.68. The van der Waals surface area contributed by atoms with Crippen LogP contribution in [0.5, 0.6) is 0 Å². The maximum atomic E-state index is 12.4. The van der Waals surface area contributed by atoms with E-state index in [1.165, 1.54) is 0 Å². The highest BCUT2D eigenvalue weighted by Crippen LogP contribution is 2.19. The Morgan fingerprint density at radius 2 is 1.91 bits per heavy atom. The number of rotatable bonds is 5. The van der Waals surface area contributed by atoms with Gasteiger partial charge in [-0.25, -0.2) is 9.67 Å². The van der Waals surface area contributed by atoms with Crippen LogP contribution in [0, 0.1) is 12.8 Å². The van der Waals surface area contributed by atoms with E-state index >= 15 is 0 Å². The van der Waals surface area contributed by atoms with E-state index in [1.54, 1.807) is 37.7 Å². The van der Waals surface area contributed by atoms with Crippen molar-refractivity contribution >= 4 is 22.9 Å². The quantitative estimate of drug-likeness (QED) is 0.880. The predicted octanol–water partition coefficient (Wildman–Crippen LogP) is 2.16. The highest BCUT2D eigenvalue weighted by atomic mass is 16.4. The molecule has 2 atom stereocenters. The van der Waals surface area contributed by atoms with Crippen molar-refractivity contribution in [3.8, 4) is 0 Å². The van der Waals surface area contributed by atoms with Crippen LogP contribution in [0.25, 0.3) is 11.0 Å². The predicted molar refractivity (Wildman–Crippen MR) is 86.4 cm³/mol. The van der Waals surface area contributed by atoms with Crippen LogP contribution in [0.15, 0.2) is 12.3 Å². The molecular formula is C16H22N4O3. The van der Waals surface area contributed by atoms with Crippen LogP contribution in [0.2, 0.25) is 0 Å². The lowest BCUT2D eigenvalue weighted by molar-refractivity contribution is -0.141. The number of fused-ring (bicyclic) bond motifs is 1. The van der Waals surface area contributed by atoms with Gasteiger partial charge in [0, 0.05) is 17.5 Å². The number of hydrogen-bond donors (Lipinski definition) is 2. The molecule has 0 radical (unpaired) electrons. The third-order valence-corrected chi connectivity index (χ3v) is 3.99. The van der Waals surface area contributed by atoms with Crippen LogP contribution in [0.3, 0.4) is 0 Å². The molecular weight excluding hydrogens is 296 g/mol. The van der Waals surface area contributed by atoms with Gasteiger partial charge in [0.15, 0.2) is 5.65 Å². The first kappa shape index (κ1) is 16.9. The normalized spacial score (nSPS) is 14.0. The molecule has 0 aromatic carbocycles. The number of aliphatic carboxylic acids is 1. The Morgan fingerprint density at radius 1 is 1.26 bits per heavy atom. The van der Waals surface area contributed by atoms with Gasteiger partial charge < -0.3 is 10.4 Å². The zero-order valence-corrected chi connectivity index (χ0v) is 14.0. The Labute approximate surface area is 134 Å². The summed E-state index contributed by atoms with van der Waals surface area (Å²) in [5.74, 6) is -1.93. The standard InChI is InChI=1S/C16H22N4O3/c1-8(2)20-14-12(7-17-20)6-13(11(5)18-14)15(21)19-10(4)9(3)16(22)23/h6-10H,1-5H3,(H,19,21)(H,22,23). The highest BCUT2D eigenvalue weighted by Gasteiger charge is 2.23. The zero-order chi connectivity index (χ0) is 17.3. The molecule has 0 aliphatic carbocycles. The number of carboxylic acids is 1. The monoisotopic (exact) mass is 318 g/mol. The maximum absolute atomic E-state index is 12.4. The minimum atomic E-state index is -0.943. The van der Waals surface area contributed by atoms with Gasteiger partial charge in [0.25, 0.3) is 5.91 Å². The minimum absolute atomic E-state index is 0.176. The zero-order valence-electron chi connectivity index (χ0n) is 14.0. The van der Waals surface area contributed by atoms with Crippen molar-refractivity contribution in [1.29, 1.82) is 0 Å². The molecule has 0 bridgehead atoms. The average Bonchev–Trinajstić information content (AvgIpc) is 2.87. The molecule has 2 rings (SSSR count). The van der Waals surface area contributed by atoms with Crippen molar-refractivity contribution in [2.75, 3.05) is 0 Å². The molecule has 0 saturated heterocycles. The van der Waals surface area contributed by atoms with Crippen molar-refractivity contribution in [1.82, 2.24) is 20.1 Å². The van der Waals surface area contributed by atoms with E-state index in [-0.39, 0.29) is 11.9 Å². The SMILES string of the molecule is Cc1nc2c(cnn2C(C)C)cc1C(=O)NC(C)C(C)C(=O)O. The third kappa shape index (κ3) is 3.33. The summed E-state index contributed by atoms with van der Waals surface area (Å²) in [5, 5.41) is 16.8. The molecule has 124 valence electrons. The number of nitrogens with zero attached hydrogens (tertiary/aromatic N) is 3. The van der Waals surface area contributed by atoms with Crippen molar-refractivity contribution in [3.05, 3.63) is 23.5 Å². The second-order valence-corrected chi connectivity index (χ2v) is 6.11. The van der Waals surface area contributed by atoms with E-state index in [9.17, 15) is 9.59 Å². The van der Waals surface area contributed by atoms with E-state index in [4.69, 9.17) is 5.11 Å². The topological polar surface area (TPSA) is 97.1 Å². The lowest BCUT2D eigenvalue weighted by atomic mass is 10.0. The van der Waals surface area contributed by atoms with Gasteiger partial charge in [0.1, 0.15) is 0 Å². The second kappa shape index (κ2) is 6.36. The molecule has 7 nitrogen and oxygen atoms in total. The first-order valence-electron chi connectivity index (χ1n) is 7.61. The number of carbonyl (C=O) groups excluding carboxylic acids is 1. The van der Waals surface area contributed by atoms with Gasteiger partial charge in [0.2, 0.25) is 0 Å². The number of nitrogens with one attached hydrogen (secondary N) is 1. The summed E-state index contributed by atoms with van der Waals surface area (Å²) in [6.07, 6.45) is 1.68. The molecule has 7 heteroatoms. The number of pyridine rings is 1. The molecule has 2 aromatic rings. The van der Waals surface area contributed by atoms with Gasteiger partial charge in [-0.05, 0) is 40.7 Å². The first-order valence-corrected chi connectivity index (χ1v) is 7.61. The average molecular weight is 318 g/mol. The Morgan fingerprint density at radius 3 is 2.48 bits per heavy atom. The molecule has 0 saturated carbocycles. The van der Waals surface area contributed by atoms with E-state index in [1.807, 2.05) is 13.8 Å². The maximum Gasteiger partial charge on any atom is 0.308 e. The second-order valence-electron chi connectivity index (χ2n) is 6.11. The number of hydrogen-bond acceptors (Lipinski definition) is 4. The number of aryl methyl sites for hydroxylation is 1. The minimum Gasteiger partial charge on any atom is -0.481 e. The van der Waals surface area contributed by atoms with Gasteiger partial charge in [-0.2, -0.15) is 5.10 Å². The van der Waals surface area contributed by atoms with Crippen LogP contribution < -0.4 is 5.32 Å². The van der Waals surface area contributed by atoms with Crippen molar-refractivity contribution < 1.29 is 14.7 Å². The van der Waals surface area contributed by atoms with Gasteiger partial charge in [-0.3, -0.25) is 9.59 Å². The Bertz CT molecular complexity index is 751. The van der Waals surface area contributed by atoms with E-state index < -0.39 is 17.9 Å². The number of carboxylic acid groups (broad SMARTS) is 1. The first-order chi connectivity index (χ1) is 10.7. The largest absolute Gasteiger partial charge is 0.481 e. The molecule has 0 spiro atoms. The molecule has 0 aliphatic rings. The smallest absolute Gasteiger partial charge is 0.308 e. The van der Waals surface area contributed by atoms with Gasteiger partial charge in [0.05, 0.1) is 23.4 Å². The van der Waals surface area contributed by atoms with Crippen LogP contribution in [-0.4, -0.2) is 37.8 Å². The van der Waals surface area contributed by atoms with E-state index in [2.05, 4.69) is 15.4 Å². The number of aromatic nitrogens is 3. The molecule has 1 amide bonds. The summed E-state index contributed by atoms with van der Waals surface area (Å²) in [6, 6.07) is 1.45. The summed E-state index contributed by atoms with van der Waals surface area (Å²) < 4.78 is 1.80. The molecule has 2 heterocycles. The fourth-order valence-electron chi connectivity index (χ4n) is 2.30. The van der Waals surface area contributed by atoms with Crippen molar-refractivity contribution in [2.45, 2.75) is 46.7 Å². The van der Waals surface area contributed by atoms with E-state index in [0.29, 0.717) is 11.3 Å². The lowest BCUT2D eigenvalue weighted by Crippen LogP contribution is -2.40. The third-order valence-electron chi connectivity index (χ3n) is 3.99. The fourth-order valence-corrected chi connectivity index (χ4v) is 2.30. The summed E-state index contributed by atoms with van der Waals surface area (Å²) in [6.45, 7) is 9.03.